The molecule has 174 valence electrons. The van der Waals surface area contributed by atoms with Crippen molar-refractivity contribution in [1.82, 2.24) is 4.31 Å². The molecule has 1 heterocycles. The summed E-state index contributed by atoms with van der Waals surface area (Å²) in [5.74, 6) is -1.22. The van der Waals surface area contributed by atoms with Gasteiger partial charge in [0.25, 0.3) is 0 Å². The van der Waals surface area contributed by atoms with Gasteiger partial charge in [0.1, 0.15) is 5.75 Å². The molecule has 6 nitrogen and oxygen atoms in total. The van der Waals surface area contributed by atoms with Crippen molar-refractivity contribution in [1.29, 1.82) is 0 Å². The van der Waals surface area contributed by atoms with Gasteiger partial charge in [-0.2, -0.15) is 17.5 Å². The maximum atomic E-state index is 13.3. The lowest BCUT2D eigenvalue weighted by molar-refractivity contribution is -0.137. The van der Waals surface area contributed by atoms with Gasteiger partial charge in [-0.1, -0.05) is 23.2 Å². The molecule has 32 heavy (non-hydrogen) atoms. The highest BCUT2D eigenvalue weighted by Crippen LogP contribution is 2.37. The number of amides is 1. The summed E-state index contributed by atoms with van der Waals surface area (Å²) < 4.78 is 72.1. The molecule has 0 aromatic heterocycles. The molecule has 3 rings (SSSR count). The van der Waals surface area contributed by atoms with E-state index in [1.165, 1.54) is 31.4 Å². The third-order valence-electron chi connectivity index (χ3n) is 5.06. The van der Waals surface area contributed by atoms with Crippen LogP contribution in [0.15, 0.2) is 41.3 Å². The average molecular weight is 511 g/mol. The van der Waals surface area contributed by atoms with E-state index in [-0.39, 0.29) is 28.0 Å². The number of hydrogen-bond acceptors (Lipinski definition) is 4. The van der Waals surface area contributed by atoms with Crippen LogP contribution in [-0.4, -0.2) is 38.8 Å². The monoisotopic (exact) mass is 510 g/mol. The summed E-state index contributed by atoms with van der Waals surface area (Å²) >= 11 is 11.7. The number of rotatable bonds is 5. The first kappa shape index (κ1) is 24.6. The van der Waals surface area contributed by atoms with E-state index in [4.69, 9.17) is 27.9 Å². The number of sulfonamides is 1. The molecule has 0 unspecified atom stereocenters. The fourth-order valence-corrected chi connectivity index (χ4v) is 5.47. The van der Waals surface area contributed by atoms with Crippen molar-refractivity contribution in [3.8, 4) is 5.75 Å². The van der Waals surface area contributed by atoms with Crippen LogP contribution in [0.3, 0.4) is 0 Å². The van der Waals surface area contributed by atoms with Crippen LogP contribution in [0.4, 0.5) is 18.9 Å². The predicted molar refractivity (Wildman–Crippen MR) is 115 cm³/mol. The fraction of sp³-hybridized carbons (Fsp3) is 0.350. The number of nitrogens with one attached hydrogen (secondary N) is 1. The van der Waals surface area contributed by atoms with Gasteiger partial charge >= 0.3 is 6.18 Å². The van der Waals surface area contributed by atoms with Crippen molar-refractivity contribution >= 4 is 44.8 Å². The first-order valence-electron chi connectivity index (χ1n) is 9.45. The number of nitrogens with zero attached hydrogens (tertiary/aromatic N) is 1. The lowest BCUT2D eigenvalue weighted by Crippen LogP contribution is -2.43. The number of halogens is 5. The molecule has 0 spiro atoms. The molecule has 1 atom stereocenters. The molecule has 0 saturated carbocycles. The third-order valence-corrected chi connectivity index (χ3v) is 7.45. The van der Waals surface area contributed by atoms with Crippen LogP contribution in [0.2, 0.25) is 10.0 Å². The van der Waals surface area contributed by atoms with Gasteiger partial charge in [0.15, 0.2) is 0 Å². The number of methoxy groups -OCH3 is 1. The molecule has 0 bridgehead atoms. The van der Waals surface area contributed by atoms with Gasteiger partial charge in [-0.3, -0.25) is 4.79 Å². The number of carbonyl (C=O) groups excluding carboxylic acids is 1. The average Bonchev–Trinajstić information content (AvgIpc) is 2.74. The predicted octanol–water partition coefficient (Wildman–Crippen LogP) is 5.06. The quantitative estimate of drug-likeness (QED) is 0.609. The van der Waals surface area contributed by atoms with Gasteiger partial charge < -0.3 is 10.1 Å². The SMILES string of the molecule is COc1ccc(S(=O)(=O)N2CCC[C@@H](C(=O)Nc3ccc(Cl)cc3C(F)(F)F)C2)cc1Cl. The standard InChI is InChI=1S/C20H19Cl2F3N2O4S/c1-31-18-7-5-14(10-16(18)22)32(29,30)27-8-2-3-12(11-27)19(28)26-17-6-4-13(21)9-15(17)20(23,24)25/h4-7,9-10,12H,2-3,8,11H2,1H3,(H,26,28)/t12-/m1/s1. The minimum absolute atomic E-state index is 0.0681. The van der Waals surface area contributed by atoms with E-state index in [2.05, 4.69) is 5.32 Å². The van der Waals surface area contributed by atoms with Crippen LogP contribution < -0.4 is 10.1 Å². The first-order valence-corrected chi connectivity index (χ1v) is 11.6. The Balaban J connectivity index is 1.79. The Morgan fingerprint density at radius 1 is 1.19 bits per heavy atom. The summed E-state index contributed by atoms with van der Waals surface area (Å²) in [7, 11) is -2.57. The fourth-order valence-electron chi connectivity index (χ4n) is 3.43. The van der Waals surface area contributed by atoms with E-state index in [0.29, 0.717) is 18.6 Å². The van der Waals surface area contributed by atoms with E-state index < -0.39 is 39.3 Å². The van der Waals surface area contributed by atoms with E-state index >= 15 is 0 Å². The summed E-state index contributed by atoms with van der Waals surface area (Å²) in [5.41, 5.74) is -1.51. The summed E-state index contributed by atoms with van der Waals surface area (Å²) in [6.45, 7) is -0.00271. The summed E-state index contributed by atoms with van der Waals surface area (Å²) in [4.78, 5) is 12.6. The lowest BCUT2D eigenvalue weighted by atomic mass is 9.98. The third kappa shape index (κ3) is 5.31. The number of piperidine rings is 1. The van der Waals surface area contributed by atoms with Crippen LogP contribution >= 0.6 is 23.2 Å². The Morgan fingerprint density at radius 3 is 2.53 bits per heavy atom. The van der Waals surface area contributed by atoms with Gasteiger partial charge in [-0.05, 0) is 49.2 Å². The van der Waals surface area contributed by atoms with Crippen LogP contribution in [0.1, 0.15) is 18.4 Å². The second-order valence-electron chi connectivity index (χ2n) is 7.18. The number of anilines is 1. The number of benzene rings is 2. The highest BCUT2D eigenvalue weighted by molar-refractivity contribution is 7.89. The Hall–Kier alpha value is -2.01. The van der Waals surface area contributed by atoms with E-state index in [9.17, 15) is 26.4 Å². The maximum absolute atomic E-state index is 13.3. The minimum Gasteiger partial charge on any atom is -0.495 e. The topological polar surface area (TPSA) is 75.7 Å². The molecule has 2 aromatic rings. The second kappa shape index (κ2) is 9.46. The molecule has 2 aromatic carbocycles. The molecule has 1 aliphatic rings. The van der Waals surface area contributed by atoms with Crippen LogP contribution in [-0.2, 0) is 21.0 Å². The normalized spacial score (nSPS) is 17.8. The number of carbonyl (C=O) groups is 1. The molecule has 1 N–H and O–H groups in total. The molecule has 0 radical (unpaired) electrons. The van der Waals surface area contributed by atoms with Crippen molar-refractivity contribution in [2.24, 2.45) is 5.92 Å². The summed E-state index contributed by atoms with van der Waals surface area (Å²) in [6, 6.07) is 7.04. The smallest absolute Gasteiger partial charge is 0.418 e. The number of ether oxygens (including phenoxy) is 1. The molecule has 12 heteroatoms. The Kier molecular flexibility index (Phi) is 7.28. The Bertz CT molecular complexity index is 1130. The largest absolute Gasteiger partial charge is 0.495 e. The van der Waals surface area contributed by atoms with Crippen LogP contribution in [0, 0.1) is 5.92 Å². The van der Waals surface area contributed by atoms with Gasteiger partial charge in [-0.25, -0.2) is 8.42 Å². The van der Waals surface area contributed by atoms with Crippen molar-refractivity contribution in [2.75, 3.05) is 25.5 Å². The van der Waals surface area contributed by atoms with Crippen molar-refractivity contribution in [3.05, 3.63) is 52.0 Å². The summed E-state index contributed by atoms with van der Waals surface area (Å²) in [6.07, 6.45) is -4.02. The molecule has 1 amide bonds. The van der Waals surface area contributed by atoms with Gasteiger partial charge in [0, 0.05) is 18.1 Å². The highest BCUT2D eigenvalue weighted by atomic mass is 35.5. The highest BCUT2D eigenvalue weighted by Gasteiger charge is 2.37. The maximum Gasteiger partial charge on any atom is 0.418 e. The Morgan fingerprint density at radius 2 is 1.91 bits per heavy atom. The van der Waals surface area contributed by atoms with Crippen LogP contribution in [0.25, 0.3) is 0 Å². The zero-order valence-electron chi connectivity index (χ0n) is 16.7. The van der Waals surface area contributed by atoms with E-state index in [1.54, 1.807) is 0 Å². The second-order valence-corrected chi connectivity index (χ2v) is 9.96. The minimum atomic E-state index is -4.72. The van der Waals surface area contributed by atoms with Gasteiger partial charge in [0.2, 0.25) is 15.9 Å². The molecule has 1 saturated heterocycles. The van der Waals surface area contributed by atoms with E-state index in [1.807, 2.05) is 0 Å². The molecule has 1 aliphatic heterocycles. The number of alkyl halides is 3. The molecular formula is C20H19Cl2F3N2O4S. The van der Waals surface area contributed by atoms with Gasteiger partial charge in [0.05, 0.1) is 34.2 Å². The summed E-state index contributed by atoms with van der Waals surface area (Å²) in [5, 5.41) is 2.26. The van der Waals surface area contributed by atoms with Crippen molar-refractivity contribution in [2.45, 2.75) is 23.9 Å². The van der Waals surface area contributed by atoms with Crippen molar-refractivity contribution in [3.63, 3.8) is 0 Å². The zero-order valence-corrected chi connectivity index (χ0v) is 19.1. The zero-order chi connectivity index (χ0) is 23.7. The first-order chi connectivity index (χ1) is 14.9. The Labute approximate surface area is 193 Å². The molecular weight excluding hydrogens is 492 g/mol. The van der Waals surface area contributed by atoms with E-state index in [0.717, 1.165) is 16.4 Å². The molecule has 1 fully saturated rings. The van der Waals surface area contributed by atoms with Crippen LogP contribution in [0.5, 0.6) is 5.75 Å². The number of hydrogen-bond donors (Lipinski definition) is 1. The van der Waals surface area contributed by atoms with Gasteiger partial charge in [-0.15, -0.1) is 0 Å². The van der Waals surface area contributed by atoms with Crippen molar-refractivity contribution < 1.29 is 31.1 Å². The molecule has 0 aliphatic carbocycles. The lowest BCUT2D eigenvalue weighted by Gasteiger charge is -2.31.